The molecule has 3 nitrogen and oxygen atoms in total. The predicted octanol–water partition coefficient (Wildman–Crippen LogP) is 3.09. The van der Waals surface area contributed by atoms with Crippen molar-refractivity contribution in [3.05, 3.63) is 28.7 Å². The Labute approximate surface area is 121 Å². The number of sulfonamides is 1. The molecule has 1 aromatic rings. The summed E-state index contributed by atoms with van der Waals surface area (Å²) in [6, 6.07) is 6.84. The van der Waals surface area contributed by atoms with Crippen molar-refractivity contribution in [2.75, 3.05) is 19.0 Å². The van der Waals surface area contributed by atoms with E-state index >= 15 is 0 Å². The summed E-state index contributed by atoms with van der Waals surface area (Å²) >= 11 is 9.01. The van der Waals surface area contributed by atoms with Gasteiger partial charge in [-0.05, 0) is 37.0 Å². The summed E-state index contributed by atoms with van der Waals surface area (Å²) in [6.07, 6.45) is 1.78. The van der Waals surface area contributed by atoms with Crippen LogP contribution in [0.1, 0.15) is 12.8 Å². The summed E-state index contributed by atoms with van der Waals surface area (Å²) in [4.78, 5) is 0.350. The second kappa shape index (κ2) is 5.90. The summed E-state index contributed by atoms with van der Waals surface area (Å²) in [6.45, 7) is 1.18. The van der Waals surface area contributed by atoms with Gasteiger partial charge in [-0.3, -0.25) is 0 Å². The molecule has 1 aliphatic rings. The Kier molecular flexibility index (Phi) is 4.69. The van der Waals surface area contributed by atoms with Crippen LogP contribution in [0, 0.1) is 5.92 Å². The minimum absolute atomic E-state index is 0.350. The van der Waals surface area contributed by atoms with Crippen molar-refractivity contribution in [1.82, 2.24) is 4.31 Å². The molecule has 0 aliphatic carbocycles. The van der Waals surface area contributed by atoms with E-state index in [9.17, 15) is 8.42 Å². The van der Waals surface area contributed by atoms with E-state index in [-0.39, 0.29) is 0 Å². The highest BCUT2D eigenvalue weighted by Gasteiger charge is 2.32. The van der Waals surface area contributed by atoms with Crippen LogP contribution >= 0.6 is 27.5 Å². The van der Waals surface area contributed by atoms with Crippen molar-refractivity contribution in [3.63, 3.8) is 0 Å². The average molecular weight is 353 g/mol. The highest BCUT2D eigenvalue weighted by molar-refractivity contribution is 9.10. The number of benzene rings is 1. The third-order valence-electron chi connectivity index (χ3n) is 3.20. The fourth-order valence-electron chi connectivity index (χ4n) is 2.18. The van der Waals surface area contributed by atoms with Gasteiger partial charge in [0.15, 0.2) is 0 Å². The molecule has 1 saturated heterocycles. The van der Waals surface area contributed by atoms with Crippen LogP contribution in [0.25, 0.3) is 0 Å². The Morgan fingerprint density at radius 1 is 1.44 bits per heavy atom. The van der Waals surface area contributed by atoms with Gasteiger partial charge in [-0.1, -0.05) is 22.0 Å². The molecule has 100 valence electrons. The zero-order valence-corrected chi connectivity index (χ0v) is 13.0. The van der Waals surface area contributed by atoms with Crippen molar-refractivity contribution < 1.29 is 8.42 Å². The Balaban J connectivity index is 2.18. The van der Waals surface area contributed by atoms with Crippen LogP contribution < -0.4 is 0 Å². The van der Waals surface area contributed by atoms with E-state index in [0.717, 1.165) is 17.3 Å². The maximum Gasteiger partial charge on any atom is 0.243 e. The van der Waals surface area contributed by atoms with Crippen LogP contribution in [0.3, 0.4) is 0 Å². The number of alkyl halides is 1. The van der Waals surface area contributed by atoms with Crippen molar-refractivity contribution in [1.29, 1.82) is 0 Å². The quantitative estimate of drug-likeness (QED) is 0.781. The topological polar surface area (TPSA) is 37.4 Å². The van der Waals surface area contributed by atoms with Crippen molar-refractivity contribution in [2.24, 2.45) is 5.92 Å². The maximum absolute atomic E-state index is 12.4. The van der Waals surface area contributed by atoms with E-state index in [4.69, 9.17) is 11.6 Å². The summed E-state index contributed by atoms with van der Waals surface area (Å²) in [5.41, 5.74) is 0. The maximum atomic E-state index is 12.4. The lowest BCUT2D eigenvalue weighted by molar-refractivity contribution is 0.453. The van der Waals surface area contributed by atoms with Crippen LogP contribution in [0.2, 0.25) is 0 Å². The molecule has 1 atom stereocenters. The second-order valence-corrected chi connectivity index (χ2v) is 7.68. The summed E-state index contributed by atoms with van der Waals surface area (Å²) < 4.78 is 27.2. The Morgan fingerprint density at radius 3 is 2.89 bits per heavy atom. The van der Waals surface area contributed by atoms with E-state index in [1.165, 1.54) is 0 Å². The molecule has 2 rings (SSSR count). The van der Waals surface area contributed by atoms with E-state index in [1.807, 2.05) is 6.07 Å². The Hall–Kier alpha value is -0.100. The molecule has 0 spiro atoms. The van der Waals surface area contributed by atoms with Gasteiger partial charge in [0.1, 0.15) is 0 Å². The molecule has 0 bridgehead atoms. The SMILES string of the molecule is O=S(=O)(c1cccc(Br)c1)N1CCC(CCCl)C1. The Morgan fingerprint density at radius 2 is 2.22 bits per heavy atom. The number of halogens is 2. The van der Waals surface area contributed by atoms with Gasteiger partial charge in [0.05, 0.1) is 4.90 Å². The minimum Gasteiger partial charge on any atom is -0.207 e. The lowest BCUT2D eigenvalue weighted by Crippen LogP contribution is -2.28. The molecule has 1 fully saturated rings. The van der Waals surface area contributed by atoms with Gasteiger partial charge in [0.25, 0.3) is 0 Å². The molecule has 0 aromatic heterocycles. The van der Waals surface area contributed by atoms with Gasteiger partial charge in [-0.2, -0.15) is 4.31 Å². The van der Waals surface area contributed by atoms with E-state index in [2.05, 4.69) is 15.9 Å². The highest BCUT2D eigenvalue weighted by atomic mass is 79.9. The smallest absolute Gasteiger partial charge is 0.207 e. The monoisotopic (exact) mass is 351 g/mol. The van der Waals surface area contributed by atoms with Crippen molar-refractivity contribution in [2.45, 2.75) is 17.7 Å². The first kappa shape index (κ1) is 14.3. The normalized spacial score (nSPS) is 21.3. The molecule has 0 N–H and O–H groups in total. The molecule has 0 saturated carbocycles. The Bertz CT molecular complexity index is 521. The van der Waals surface area contributed by atoms with E-state index in [1.54, 1.807) is 22.5 Å². The molecule has 1 aromatic carbocycles. The van der Waals surface area contributed by atoms with Crippen molar-refractivity contribution >= 4 is 37.6 Å². The highest BCUT2D eigenvalue weighted by Crippen LogP contribution is 2.27. The van der Waals surface area contributed by atoms with Crippen LogP contribution in [-0.2, 0) is 10.0 Å². The molecule has 1 unspecified atom stereocenters. The van der Waals surface area contributed by atoms with E-state index < -0.39 is 10.0 Å². The predicted molar refractivity (Wildman–Crippen MR) is 76.3 cm³/mol. The molecular weight excluding hydrogens is 338 g/mol. The molecular formula is C12H15BrClNO2S. The molecule has 1 aliphatic heterocycles. The molecule has 1 heterocycles. The van der Waals surface area contributed by atoms with Crippen LogP contribution in [0.5, 0.6) is 0 Å². The lowest BCUT2D eigenvalue weighted by atomic mass is 10.1. The van der Waals surface area contributed by atoms with Crippen LogP contribution in [0.15, 0.2) is 33.6 Å². The first-order valence-electron chi connectivity index (χ1n) is 5.85. The third-order valence-corrected chi connectivity index (χ3v) is 5.77. The molecule has 0 radical (unpaired) electrons. The summed E-state index contributed by atoms with van der Waals surface area (Å²) in [5.74, 6) is 0.986. The van der Waals surface area contributed by atoms with Gasteiger partial charge in [-0.25, -0.2) is 8.42 Å². The van der Waals surface area contributed by atoms with Crippen LogP contribution in [0.4, 0.5) is 0 Å². The largest absolute Gasteiger partial charge is 0.243 e. The number of hydrogen-bond donors (Lipinski definition) is 0. The standard InChI is InChI=1S/C12H15BrClNO2S/c13-11-2-1-3-12(8-11)18(16,17)15-7-5-10(9-15)4-6-14/h1-3,8,10H,4-7,9H2. The first-order valence-corrected chi connectivity index (χ1v) is 8.62. The fourth-order valence-corrected chi connectivity index (χ4v) is 4.62. The fraction of sp³-hybridized carbons (Fsp3) is 0.500. The lowest BCUT2D eigenvalue weighted by Gasteiger charge is -2.16. The molecule has 18 heavy (non-hydrogen) atoms. The summed E-state index contributed by atoms with van der Waals surface area (Å²) in [5, 5.41) is 0. The van der Waals surface area contributed by atoms with Crippen LogP contribution in [-0.4, -0.2) is 31.7 Å². The van der Waals surface area contributed by atoms with Gasteiger partial charge in [-0.15, -0.1) is 11.6 Å². The van der Waals surface area contributed by atoms with Gasteiger partial charge < -0.3 is 0 Å². The zero-order valence-electron chi connectivity index (χ0n) is 9.85. The molecule has 6 heteroatoms. The number of rotatable bonds is 4. The third kappa shape index (κ3) is 3.07. The van der Waals surface area contributed by atoms with E-state index in [0.29, 0.717) is 29.8 Å². The van der Waals surface area contributed by atoms with Gasteiger partial charge in [0, 0.05) is 23.4 Å². The number of hydrogen-bond acceptors (Lipinski definition) is 2. The van der Waals surface area contributed by atoms with Crippen molar-refractivity contribution in [3.8, 4) is 0 Å². The summed E-state index contributed by atoms with van der Waals surface area (Å²) in [7, 11) is -3.35. The molecule has 0 amide bonds. The van der Waals surface area contributed by atoms with Gasteiger partial charge >= 0.3 is 0 Å². The average Bonchev–Trinajstić information content (AvgIpc) is 2.79. The van der Waals surface area contributed by atoms with Gasteiger partial charge in [0.2, 0.25) is 10.0 Å². The zero-order chi connectivity index (χ0) is 13.2. The first-order chi connectivity index (χ1) is 8.54. The number of nitrogens with zero attached hydrogens (tertiary/aromatic N) is 1. The minimum atomic E-state index is -3.35. The second-order valence-electron chi connectivity index (χ2n) is 4.45.